The molecular weight excluding hydrogens is 299 g/mol. The van der Waals surface area contributed by atoms with E-state index in [1.165, 1.54) is 12.1 Å². The second kappa shape index (κ2) is 6.89. The zero-order valence-electron chi connectivity index (χ0n) is 13.6. The van der Waals surface area contributed by atoms with E-state index in [0.29, 0.717) is 12.1 Å². The van der Waals surface area contributed by atoms with Crippen LogP contribution in [0.4, 0.5) is 4.39 Å². The number of nitrogens with zero attached hydrogens (tertiary/aromatic N) is 1. The van der Waals surface area contributed by atoms with E-state index in [4.69, 9.17) is 4.74 Å². The Labute approximate surface area is 134 Å². The minimum absolute atomic E-state index is 0.163. The van der Waals surface area contributed by atoms with Crippen molar-refractivity contribution in [3.63, 3.8) is 0 Å². The number of ether oxygens (including phenoxy) is 1. The van der Waals surface area contributed by atoms with Crippen LogP contribution < -0.4 is 10.2 Å². The number of hydrogen-bond acceptors (Lipinski definition) is 4. The largest absolute Gasteiger partial charge is 0.491 e. The van der Waals surface area contributed by atoms with E-state index in [-0.39, 0.29) is 35.9 Å². The van der Waals surface area contributed by atoms with Gasteiger partial charge in [0.2, 0.25) is 0 Å². The van der Waals surface area contributed by atoms with Crippen molar-refractivity contribution < 1.29 is 18.7 Å². The Bertz CT molecular complexity index is 635. The Hall–Kier alpha value is -2.24. The van der Waals surface area contributed by atoms with Gasteiger partial charge in [0.1, 0.15) is 5.92 Å². The topological polar surface area (TPSA) is 67.8 Å². The smallest absolute Gasteiger partial charge is 0.256 e. The number of nitrogens with one attached hydrogen (secondary N) is 1. The first-order valence-corrected chi connectivity index (χ1v) is 7.58. The number of Topliss-reactive ketones (excluding diaryl/α,β-unsaturated/α-hetero) is 1. The molecule has 1 aromatic carbocycles. The van der Waals surface area contributed by atoms with Gasteiger partial charge in [-0.05, 0) is 18.6 Å². The highest BCUT2D eigenvalue weighted by Crippen LogP contribution is 2.26. The number of rotatable bonds is 6. The monoisotopic (exact) mass is 320 g/mol. The van der Waals surface area contributed by atoms with Crippen molar-refractivity contribution >= 4 is 17.4 Å². The van der Waals surface area contributed by atoms with Crippen LogP contribution in [0.15, 0.2) is 29.4 Å². The third-order valence-corrected chi connectivity index (χ3v) is 3.57. The fourth-order valence-electron chi connectivity index (χ4n) is 2.40. The third-order valence-electron chi connectivity index (χ3n) is 3.57. The van der Waals surface area contributed by atoms with Crippen molar-refractivity contribution in [3.8, 4) is 5.75 Å². The first-order chi connectivity index (χ1) is 10.8. The van der Waals surface area contributed by atoms with Gasteiger partial charge < -0.3 is 4.74 Å². The maximum Gasteiger partial charge on any atom is 0.256 e. The second-order valence-corrected chi connectivity index (χ2v) is 6.50. The zero-order chi connectivity index (χ0) is 17.0. The molecule has 0 fully saturated rings. The number of ketones is 1. The van der Waals surface area contributed by atoms with Crippen LogP contribution in [0.3, 0.4) is 0 Å². The first-order valence-electron chi connectivity index (χ1n) is 7.58. The van der Waals surface area contributed by atoms with Crippen LogP contribution in [0, 0.1) is 17.2 Å². The number of halogens is 1. The standard InChI is InChI=1S/C17H21FN2O3/c1-17(2,3)15-14(16(22)20-19-15)12(21)8-6-10-23-13-9-5-4-7-11(13)18/h4-5,7,9,14H,6,8,10H2,1-3H3,(H,20,22)/t14-/m1/s1. The molecule has 0 bridgehead atoms. The highest BCUT2D eigenvalue weighted by Gasteiger charge is 2.41. The van der Waals surface area contributed by atoms with Crippen molar-refractivity contribution in [1.82, 2.24) is 5.43 Å². The van der Waals surface area contributed by atoms with Crippen molar-refractivity contribution in [2.45, 2.75) is 33.6 Å². The van der Waals surface area contributed by atoms with E-state index in [1.54, 1.807) is 12.1 Å². The van der Waals surface area contributed by atoms with Gasteiger partial charge >= 0.3 is 0 Å². The number of hydrazone groups is 1. The molecule has 0 radical (unpaired) electrons. The Kier molecular flexibility index (Phi) is 5.13. The quantitative estimate of drug-likeness (QED) is 0.647. The SMILES string of the molecule is CC(C)(C)C1=NNC(=O)[C@@H]1C(=O)CCCOc1ccccc1F. The summed E-state index contributed by atoms with van der Waals surface area (Å²) in [6.45, 7) is 5.94. The number of hydrogen-bond donors (Lipinski definition) is 1. The fraction of sp³-hybridized carbons (Fsp3) is 0.471. The second-order valence-electron chi connectivity index (χ2n) is 6.50. The van der Waals surface area contributed by atoms with E-state index in [9.17, 15) is 14.0 Å². The predicted molar refractivity (Wildman–Crippen MR) is 84.7 cm³/mol. The van der Waals surface area contributed by atoms with Gasteiger partial charge in [-0.1, -0.05) is 32.9 Å². The summed E-state index contributed by atoms with van der Waals surface area (Å²) >= 11 is 0. The summed E-state index contributed by atoms with van der Waals surface area (Å²) < 4.78 is 18.7. The molecule has 6 heteroatoms. The number of para-hydroxylation sites is 1. The molecule has 124 valence electrons. The van der Waals surface area contributed by atoms with Crippen LogP contribution in [-0.4, -0.2) is 24.0 Å². The molecule has 1 atom stereocenters. The molecule has 23 heavy (non-hydrogen) atoms. The van der Waals surface area contributed by atoms with Crippen molar-refractivity contribution in [2.75, 3.05) is 6.61 Å². The summed E-state index contributed by atoms with van der Waals surface area (Å²) in [6, 6.07) is 6.11. The number of benzene rings is 1. The average Bonchev–Trinajstić information content (AvgIpc) is 2.87. The Balaban J connectivity index is 1.86. The van der Waals surface area contributed by atoms with Gasteiger partial charge in [0.05, 0.1) is 12.3 Å². The molecule has 0 aromatic heterocycles. The summed E-state index contributed by atoms with van der Waals surface area (Å²) in [5.74, 6) is -1.67. The minimum Gasteiger partial charge on any atom is -0.491 e. The van der Waals surface area contributed by atoms with Crippen LogP contribution in [0.5, 0.6) is 5.75 Å². The average molecular weight is 320 g/mol. The lowest BCUT2D eigenvalue weighted by molar-refractivity contribution is -0.130. The van der Waals surface area contributed by atoms with Crippen molar-refractivity contribution in [3.05, 3.63) is 30.1 Å². The van der Waals surface area contributed by atoms with Crippen LogP contribution in [0.25, 0.3) is 0 Å². The number of amides is 1. The van der Waals surface area contributed by atoms with Crippen molar-refractivity contribution in [2.24, 2.45) is 16.4 Å². The summed E-state index contributed by atoms with van der Waals surface area (Å²) in [6.07, 6.45) is 0.593. The van der Waals surface area contributed by atoms with Crippen LogP contribution >= 0.6 is 0 Å². The molecule has 2 rings (SSSR count). The van der Waals surface area contributed by atoms with Crippen LogP contribution in [0.2, 0.25) is 0 Å². The van der Waals surface area contributed by atoms with Crippen LogP contribution in [0.1, 0.15) is 33.6 Å². The van der Waals surface area contributed by atoms with Gasteiger partial charge in [0.15, 0.2) is 17.3 Å². The van der Waals surface area contributed by atoms with E-state index in [1.807, 2.05) is 20.8 Å². The maximum atomic E-state index is 13.4. The maximum absolute atomic E-state index is 13.4. The summed E-state index contributed by atoms with van der Waals surface area (Å²) in [4.78, 5) is 24.2. The van der Waals surface area contributed by atoms with Gasteiger partial charge in [-0.3, -0.25) is 9.59 Å². The van der Waals surface area contributed by atoms with E-state index in [0.717, 1.165) is 0 Å². The molecule has 0 unspecified atom stereocenters. The van der Waals surface area contributed by atoms with E-state index in [2.05, 4.69) is 10.5 Å². The minimum atomic E-state index is -0.830. The fourth-order valence-corrected chi connectivity index (χ4v) is 2.40. The molecule has 0 saturated heterocycles. The summed E-state index contributed by atoms with van der Waals surface area (Å²) in [5, 5.41) is 3.99. The molecule has 1 heterocycles. The zero-order valence-corrected chi connectivity index (χ0v) is 13.6. The Morgan fingerprint density at radius 1 is 1.35 bits per heavy atom. The molecule has 0 saturated carbocycles. The van der Waals surface area contributed by atoms with Gasteiger partial charge in [0, 0.05) is 11.8 Å². The highest BCUT2D eigenvalue weighted by molar-refractivity contribution is 6.24. The number of carbonyl (C=O) groups excluding carboxylic acids is 2. The molecular formula is C17H21FN2O3. The lowest BCUT2D eigenvalue weighted by Crippen LogP contribution is -2.36. The Morgan fingerprint density at radius 2 is 2.04 bits per heavy atom. The molecule has 1 N–H and O–H groups in total. The molecule has 1 aromatic rings. The first kappa shape index (κ1) is 17.1. The summed E-state index contributed by atoms with van der Waals surface area (Å²) in [5.41, 5.74) is 2.58. The molecule has 1 amide bonds. The molecule has 1 aliphatic rings. The van der Waals surface area contributed by atoms with Gasteiger partial charge in [0.25, 0.3) is 5.91 Å². The lowest BCUT2D eigenvalue weighted by Gasteiger charge is -2.21. The van der Waals surface area contributed by atoms with Crippen molar-refractivity contribution in [1.29, 1.82) is 0 Å². The van der Waals surface area contributed by atoms with E-state index >= 15 is 0 Å². The highest BCUT2D eigenvalue weighted by atomic mass is 19.1. The molecule has 1 aliphatic heterocycles. The lowest BCUT2D eigenvalue weighted by atomic mass is 9.80. The third kappa shape index (κ3) is 4.15. The molecule has 5 nitrogen and oxygen atoms in total. The number of carbonyl (C=O) groups is 2. The van der Waals surface area contributed by atoms with Crippen LogP contribution in [-0.2, 0) is 9.59 Å². The van der Waals surface area contributed by atoms with Gasteiger partial charge in [-0.25, -0.2) is 9.82 Å². The van der Waals surface area contributed by atoms with Gasteiger partial charge in [-0.15, -0.1) is 0 Å². The normalized spacial score (nSPS) is 17.7. The molecule has 0 spiro atoms. The predicted octanol–water partition coefficient (Wildman–Crippen LogP) is 2.70. The van der Waals surface area contributed by atoms with E-state index < -0.39 is 11.7 Å². The summed E-state index contributed by atoms with van der Waals surface area (Å²) in [7, 11) is 0. The molecule has 0 aliphatic carbocycles. The Morgan fingerprint density at radius 3 is 2.70 bits per heavy atom. The van der Waals surface area contributed by atoms with Gasteiger partial charge in [-0.2, -0.15) is 5.10 Å².